The Labute approximate surface area is 202 Å². The van der Waals surface area contributed by atoms with E-state index in [1.807, 2.05) is 13.0 Å². The number of aliphatic carboxylic acids is 1. The van der Waals surface area contributed by atoms with E-state index in [-0.39, 0.29) is 18.9 Å². The highest BCUT2D eigenvalue weighted by Crippen LogP contribution is 2.21. The molecule has 10 heteroatoms. The molecule has 1 heterocycles. The molecule has 0 spiro atoms. The molecule has 3 aromatic rings. The molecule has 0 fully saturated rings. The van der Waals surface area contributed by atoms with Crippen LogP contribution in [0.5, 0.6) is 5.75 Å². The largest absolute Gasteiger partial charge is 0.487 e. The van der Waals surface area contributed by atoms with Gasteiger partial charge in [-0.1, -0.05) is 35.8 Å². The molecule has 0 aliphatic carbocycles. The van der Waals surface area contributed by atoms with E-state index in [1.54, 1.807) is 49.4 Å². The molecule has 34 heavy (non-hydrogen) atoms. The maximum atomic E-state index is 11.4. The summed E-state index contributed by atoms with van der Waals surface area (Å²) in [6.07, 6.45) is 0.0728. The molecule has 0 saturated carbocycles. The first-order valence-electron chi connectivity index (χ1n) is 10.8. The highest BCUT2D eigenvalue weighted by Gasteiger charge is 2.19. The Bertz CT molecular complexity index is 1100. The fraction of sp³-hybridized carbons (Fsp3) is 0.333. The van der Waals surface area contributed by atoms with Crippen LogP contribution < -0.4 is 4.74 Å². The second kappa shape index (κ2) is 12.7. The van der Waals surface area contributed by atoms with Gasteiger partial charge in [0.25, 0.3) is 5.89 Å². The summed E-state index contributed by atoms with van der Waals surface area (Å²) in [5, 5.41) is 22.2. The number of halogens is 1. The third kappa shape index (κ3) is 7.29. The standard InChI is InChI=1S/C24H26ClN3O6/c1-3-12-33-28-20(23-27-26-22(34-23)17-8-10-18(25)11-9-17)15-32-19-7-5-6-16(13-19)14-21(24(29)30)31-4-2/h5-11,13,21H,3-4,12,14-15H2,1-2H3,(H,29,30)/b28-20+. The molecule has 0 aliphatic heterocycles. The maximum Gasteiger partial charge on any atom is 0.333 e. The normalized spacial score (nSPS) is 12.4. The molecule has 0 radical (unpaired) electrons. The molecule has 0 saturated heterocycles. The number of oxime groups is 1. The summed E-state index contributed by atoms with van der Waals surface area (Å²) < 4.78 is 17.0. The van der Waals surface area contributed by atoms with Crippen molar-refractivity contribution >= 4 is 23.3 Å². The lowest BCUT2D eigenvalue weighted by Gasteiger charge is -2.13. The van der Waals surface area contributed by atoms with Crippen molar-refractivity contribution in [3.63, 3.8) is 0 Å². The van der Waals surface area contributed by atoms with Crippen molar-refractivity contribution < 1.29 is 28.6 Å². The molecule has 1 N–H and O–H groups in total. The fourth-order valence-corrected chi connectivity index (χ4v) is 3.06. The number of rotatable bonds is 13. The number of carboxylic acid groups (broad SMARTS) is 1. The first-order valence-corrected chi connectivity index (χ1v) is 11.2. The lowest BCUT2D eigenvalue weighted by Crippen LogP contribution is -2.26. The Kier molecular flexibility index (Phi) is 9.42. The van der Waals surface area contributed by atoms with E-state index >= 15 is 0 Å². The Morgan fingerprint density at radius 1 is 1.18 bits per heavy atom. The van der Waals surface area contributed by atoms with Crippen LogP contribution in [-0.2, 0) is 20.8 Å². The minimum Gasteiger partial charge on any atom is -0.487 e. The SMILES string of the molecule is CCCO/N=C(\COc1cccc(CC(OCC)C(=O)O)c1)c1nnc(-c2ccc(Cl)cc2)o1. The Balaban J connectivity index is 1.73. The van der Waals surface area contributed by atoms with E-state index in [1.165, 1.54) is 0 Å². The van der Waals surface area contributed by atoms with Crippen molar-refractivity contribution in [3.8, 4) is 17.2 Å². The lowest BCUT2D eigenvalue weighted by atomic mass is 10.1. The van der Waals surface area contributed by atoms with Gasteiger partial charge in [-0.15, -0.1) is 10.2 Å². The second-order valence-electron chi connectivity index (χ2n) is 7.21. The van der Waals surface area contributed by atoms with Gasteiger partial charge >= 0.3 is 5.97 Å². The predicted molar refractivity (Wildman–Crippen MR) is 126 cm³/mol. The molecule has 1 atom stereocenters. The van der Waals surface area contributed by atoms with Gasteiger partial charge < -0.3 is 23.8 Å². The Morgan fingerprint density at radius 3 is 2.68 bits per heavy atom. The van der Waals surface area contributed by atoms with E-state index in [4.69, 9.17) is 30.3 Å². The molecule has 1 aromatic heterocycles. The number of carboxylic acids is 1. The number of ether oxygens (including phenoxy) is 2. The zero-order chi connectivity index (χ0) is 24.3. The smallest absolute Gasteiger partial charge is 0.333 e. The maximum absolute atomic E-state index is 11.4. The lowest BCUT2D eigenvalue weighted by molar-refractivity contribution is -0.149. The zero-order valence-corrected chi connectivity index (χ0v) is 19.7. The van der Waals surface area contributed by atoms with Crippen molar-refractivity contribution in [2.24, 2.45) is 5.16 Å². The molecule has 0 bridgehead atoms. The predicted octanol–water partition coefficient (Wildman–Crippen LogP) is 4.63. The summed E-state index contributed by atoms with van der Waals surface area (Å²) in [5.41, 5.74) is 1.80. The van der Waals surface area contributed by atoms with Gasteiger partial charge in [-0.05, 0) is 55.3 Å². The van der Waals surface area contributed by atoms with Crippen LogP contribution in [0, 0.1) is 0 Å². The first kappa shape index (κ1) is 25.2. The molecule has 9 nitrogen and oxygen atoms in total. The molecule has 3 rings (SSSR count). The van der Waals surface area contributed by atoms with Crippen LogP contribution in [0.1, 0.15) is 31.7 Å². The Hall–Kier alpha value is -3.43. The van der Waals surface area contributed by atoms with Crippen LogP contribution in [-0.4, -0.2) is 52.9 Å². The number of carbonyl (C=O) groups is 1. The van der Waals surface area contributed by atoms with Crippen LogP contribution in [0.3, 0.4) is 0 Å². The fourth-order valence-electron chi connectivity index (χ4n) is 2.94. The summed E-state index contributed by atoms with van der Waals surface area (Å²) in [7, 11) is 0. The van der Waals surface area contributed by atoms with Crippen molar-refractivity contribution in [1.82, 2.24) is 10.2 Å². The van der Waals surface area contributed by atoms with Gasteiger partial charge in [-0.25, -0.2) is 4.79 Å². The number of benzene rings is 2. The molecule has 0 aliphatic rings. The van der Waals surface area contributed by atoms with Gasteiger partial charge in [0.05, 0.1) is 0 Å². The third-order valence-electron chi connectivity index (χ3n) is 4.57. The molecule has 2 aromatic carbocycles. The van der Waals surface area contributed by atoms with Crippen LogP contribution in [0.15, 0.2) is 58.1 Å². The van der Waals surface area contributed by atoms with Gasteiger partial charge in [0.1, 0.15) is 19.0 Å². The molecular weight excluding hydrogens is 462 g/mol. The van der Waals surface area contributed by atoms with Crippen molar-refractivity contribution in [1.29, 1.82) is 0 Å². The molecule has 180 valence electrons. The van der Waals surface area contributed by atoms with Crippen molar-refractivity contribution in [3.05, 3.63) is 65.0 Å². The van der Waals surface area contributed by atoms with E-state index in [0.29, 0.717) is 41.2 Å². The second-order valence-corrected chi connectivity index (χ2v) is 7.65. The highest BCUT2D eigenvalue weighted by atomic mass is 35.5. The number of aromatic nitrogens is 2. The average molecular weight is 488 g/mol. The van der Waals surface area contributed by atoms with Crippen LogP contribution in [0.25, 0.3) is 11.5 Å². The van der Waals surface area contributed by atoms with Crippen LogP contribution >= 0.6 is 11.6 Å². The summed E-state index contributed by atoms with van der Waals surface area (Å²) >= 11 is 5.94. The third-order valence-corrected chi connectivity index (χ3v) is 4.82. The van der Waals surface area contributed by atoms with Crippen molar-refractivity contribution in [2.75, 3.05) is 19.8 Å². The van der Waals surface area contributed by atoms with E-state index in [9.17, 15) is 9.90 Å². The average Bonchev–Trinajstić information content (AvgIpc) is 3.32. The topological polar surface area (TPSA) is 116 Å². The quantitative estimate of drug-likeness (QED) is 0.211. The van der Waals surface area contributed by atoms with Crippen LogP contribution in [0.4, 0.5) is 0 Å². The summed E-state index contributed by atoms with van der Waals surface area (Å²) in [6, 6.07) is 14.1. The van der Waals surface area contributed by atoms with Crippen LogP contribution in [0.2, 0.25) is 5.02 Å². The molecular formula is C24H26ClN3O6. The van der Waals surface area contributed by atoms with Gasteiger partial charge in [0.2, 0.25) is 5.89 Å². The molecule has 0 amide bonds. The summed E-state index contributed by atoms with van der Waals surface area (Å²) in [4.78, 5) is 16.7. The molecule has 1 unspecified atom stereocenters. The van der Waals surface area contributed by atoms with Gasteiger partial charge in [0, 0.05) is 23.6 Å². The highest BCUT2D eigenvalue weighted by molar-refractivity contribution is 6.30. The minimum atomic E-state index is -1.01. The van der Waals surface area contributed by atoms with E-state index in [2.05, 4.69) is 15.4 Å². The summed E-state index contributed by atoms with van der Waals surface area (Å²) in [6.45, 7) is 4.46. The summed E-state index contributed by atoms with van der Waals surface area (Å²) in [5.74, 6) is -0.00527. The number of hydrogen-bond acceptors (Lipinski definition) is 8. The van der Waals surface area contributed by atoms with Crippen molar-refractivity contribution in [2.45, 2.75) is 32.8 Å². The van der Waals surface area contributed by atoms with E-state index in [0.717, 1.165) is 12.0 Å². The number of hydrogen-bond donors (Lipinski definition) is 1. The zero-order valence-electron chi connectivity index (χ0n) is 18.9. The minimum absolute atomic E-state index is 0.00321. The Morgan fingerprint density at radius 2 is 1.97 bits per heavy atom. The first-order chi connectivity index (χ1) is 16.5. The van der Waals surface area contributed by atoms with Gasteiger partial charge in [0.15, 0.2) is 11.8 Å². The van der Waals surface area contributed by atoms with E-state index < -0.39 is 12.1 Å². The van der Waals surface area contributed by atoms with Gasteiger partial charge in [-0.3, -0.25) is 0 Å². The van der Waals surface area contributed by atoms with Gasteiger partial charge in [-0.2, -0.15) is 0 Å². The monoisotopic (exact) mass is 487 g/mol. The number of nitrogens with zero attached hydrogens (tertiary/aromatic N) is 3.